The van der Waals surface area contributed by atoms with Gasteiger partial charge in [-0.2, -0.15) is 26.3 Å². The third-order valence-corrected chi connectivity index (χ3v) is 3.66. The van der Waals surface area contributed by atoms with E-state index in [0.717, 1.165) is 10.8 Å². The van der Waals surface area contributed by atoms with Crippen LogP contribution in [-0.4, -0.2) is 23.2 Å². The molecule has 0 amide bonds. The molecule has 0 fully saturated rings. The predicted molar refractivity (Wildman–Crippen MR) is 70.6 cm³/mol. The van der Waals surface area contributed by atoms with Crippen LogP contribution < -0.4 is 0 Å². The highest BCUT2D eigenvalue weighted by molar-refractivity contribution is 9.10. The van der Waals surface area contributed by atoms with Crippen LogP contribution in [0, 0.1) is 5.92 Å². The van der Waals surface area contributed by atoms with E-state index < -0.39 is 24.8 Å². The van der Waals surface area contributed by atoms with Crippen molar-refractivity contribution in [3.05, 3.63) is 34.4 Å². The minimum atomic E-state index is -5.43. The summed E-state index contributed by atoms with van der Waals surface area (Å²) >= 11 is 3.10. The van der Waals surface area contributed by atoms with Gasteiger partial charge in [-0.05, 0) is 12.1 Å². The molecule has 0 radical (unpaired) electrons. The number of carbonyl (C=O) groups excluding carboxylic acids is 1. The highest BCUT2D eigenvalue weighted by Crippen LogP contribution is 2.41. The van der Waals surface area contributed by atoms with E-state index in [1.807, 2.05) is 0 Å². The Bertz CT molecular complexity index is 689. The average Bonchev–Trinajstić information content (AvgIpc) is 2.70. The molecule has 9 heteroatoms. The second kappa shape index (κ2) is 5.60. The van der Waals surface area contributed by atoms with Gasteiger partial charge in [-0.25, -0.2) is 0 Å². The summed E-state index contributed by atoms with van der Waals surface area (Å²) in [5.41, 5.74) is 0.153. The van der Waals surface area contributed by atoms with E-state index in [-0.39, 0.29) is 11.1 Å². The first-order valence-corrected chi connectivity index (χ1v) is 6.70. The molecule has 0 aliphatic rings. The number of aldehydes is 1. The van der Waals surface area contributed by atoms with Crippen molar-refractivity contribution in [3.8, 4) is 0 Å². The Morgan fingerprint density at radius 2 is 1.73 bits per heavy atom. The van der Waals surface area contributed by atoms with Crippen LogP contribution in [0.15, 0.2) is 28.9 Å². The van der Waals surface area contributed by atoms with Gasteiger partial charge in [0.2, 0.25) is 0 Å². The summed E-state index contributed by atoms with van der Waals surface area (Å²) in [7, 11) is 0. The summed E-state index contributed by atoms with van der Waals surface area (Å²) in [6.07, 6.45) is -9.47. The van der Waals surface area contributed by atoms with E-state index in [9.17, 15) is 31.1 Å². The average molecular weight is 388 g/mol. The Kier molecular flexibility index (Phi) is 4.29. The predicted octanol–water partition coefficient (Wildman–Crippen LogP) is 4.96. The lowest BCUT2D eigenvalue weighted by Crippen LogP contribution is -2.39. The van der Waals surface area contributed by atoms with Gasteiger partial charge >= 0.3 is 12.4 Å². The van der Waals surface area contributed by atoms with Crippen molar-refractivity contribution in [2.75, 3.05) is 0 Å². The highest BCUT2D eigenvalue weighted by Gasteiger charge is 2.56. The fraction of sp³-hybridized carbons (Fsp3) is 0.308. The largest absolute Gasteiger partial charge is 0.402 e. The first-order valence-electron chi connectivity index (χ1n) is 5.91. The highest BCUT2D eigenvalue weighted by atomic mass is 79.9. The van der Waals surface area contributed by atoms with Crippen molar-refractivity contribution in [2.24, 2.45) is 5.92 Å². The smallest absolute Gasteiger partial charge is 0.346 e. The first kappa shape index (κ1) is 16.9. The second-order valence-corrected chi connectivity index (χ2v) is 5.57. The lowest BCUT2D eigenvalue weighted by molar-refractivity contribution is -0.287. The van der Waals surface area contributed by atoms with E-state index in [1.54, 1.807) is 6.07 Å². The summed E-state index contributed by atoms with van der Waals surface area (Å²) in [6, 6.07) is 4.37. The van der Waals surface area contributed by atoms with Gasteiger partial charge in [0.1, 0.15) is 0 Å². The number of rotatable bonds is 3. The normalized spacial score (nSPS) is 13.1. The van der Waals surface area contributed by atoms with Gasteiger partial charge in [0.15, 0.2) is 12.2 Å². The lowest BCUT2D eigenvalue weighted by Gasteiger charge is -2.23. The molecular formula is C13H8BrF6NO. The molecule has 0 N–H and O–H groups in total. The number of benzene rings is 1. The number of halogens is 7. The molecule has 2 nitrogen and oxygen atoms in total. The van der Waals surface area contributed by atoms with Crippen LogP contribution >= 0.6 is 15.9 Å². The standard InChI is InChI=1S/C13H8BrF6NO/c14-8-1-2-9-7(6-22)4-21(10(9)3-8)5-11(12(15,16)17)13(18,19)20/h1-4,6,11H,5H2. The van der Waals surface area contributed by atoms with E-state index in [1.165, 1.54) is 12.1 Å². The molecule has 0 saturated carbocycles. The Morgan fingerprint density at radius 3 is 2.23 bits per heavy atom. The molecule has 1 heterocycles. The van der Waals surface area contributed by atoms with Crippen molar-refractivity contribution < 1.29 is 31.1 Å². The molecule has 0 saturated heterocycles. The second-order valence-electron chi connectivity index (χ2n) is 4.65. The molecule has 0 spiro atoms. The molecule has 1 aromatic heterocycles. The Labute approximate surface area is 128 Å². The topological polar surface area (TPSA) is 22.0 Å². The summed E-state index contributed by atoms with van der Waals surface area (Å²) in [4.78, 5) is 10.9. The quantitative estimate of drug-likeness (QED) is 0.539. The maximum Gasteiger partial charge on any atom is 0.402 e. The van der Waals surface area contributed by atoms with Crippen LogP contribution in [0.1, 0.15) is 10.4 Å². The molecule has 0 unspecified atom stereocenters. The van der Waals surface area contributed by atoms with Gasteiger partial charge in [-0.15, -0.1) is 0 Å². The Balaban J connectivity index is 2.54. The Hall–Kier alpha value is -1.51. The van der Waals surface area contributed by atoms with Crippen molar-refractivity contribution in [2.45, 2.75) is 18.9 Å². The van der Waals surface area contributed by atoms with Crippen LogP contribution in [0.2, 0.25) is 0 Å². The number of aromatic nitrogens is 1. The van der Waals surface area contributed by atoms with Crippen LogP contribution in [-0.2, 0) is 6.54 Å². The molecular weight excluding hydrogens is 380 g/mol. The minimum Gasteiger partial charge on any atom is -0.346 e. The molecule has 120 valence electrons. The van der Waals surface area contributed by atoms with Crippen molar-refractivity contribution in [3.63, 3.8) is 0 Å². The molecule has 2 aromatic rings. The number of fused-ring (bicyclic) bond motifs is 1. The number of alkyl halides is 6. The summed E-state index contributed by atoms with van der Waals surface area (Å²) in [5, 5.41) is 0.293. The van der Waals surface area contributed by atoms with Gasteiger partial charge in [0, 0.05) is 33.7 Å². The molecule has 2 rings (SSSR count). The molecule has 0 aliphatic heterocycles. The molecule has 0 atom stereocenters. The zero-order valence-electron chi connectivity index (χ0n) is 10.7. The van der Waals surface area contributed by atoms with Gasteiger partial charge in [0.05, 0.1) is 0 Å². The SMILES string of the molecule is O=Cc1cn(CC(C(F)(F)F)C(F)(F)F)c2cc(Br)ccc12. The monoisotopic (exact) mass is 387 g/mol. The van der Waals surface area contributed by atoms with Gasteiger partial charge in [0.25, 0.3) is 0 Å². The summed E-state index contributed by atoms with van der Waals surface area (Å²) in [6.45, 7) is -1.34. The fourth-order valence-electron chi connectivity index (χ4n) is 2.13. The summed E-state index contributed by atoms with van der Waals surface area (Å²) in [5.74, 6) is -3.51. The van der Waals surface area contributed by atoms with Crippen LogP contribution in [0.4, 0.5) is 26.3 Å². The third kappa shape index (κ3) is 3.29. The van der Waals surface area contributed by atoms with Gasteiger partial charge in [-0.1, -0.05) is 22.0 Å². The van der Waals surface area contributed by atoms with E-state index in [4.69, 9.17) is 0 Å². The van der Waals surface area contributed by atoms with Crippen LogP contribution in [0.25, 0.3) is 10.9 Å². The van der Waals surface area contributed by atoms with E-state index in [0.29, 0.717) is 16.1 Å². The number of hydrogen-bond acceptors (Lipinski definition) is 1. The van der Waals surface area contributed by atoms with Crippen molar-refractivity contribution in [1.29, 1.82) is 0 Å². The third-order valence-electron chi connectivity index (χ3n) is 3.17. The van der Waals surface area contributed by atoms with Crippen molar-refractivity contribution >= 4 is 33.1 Å². The van der Waals surface area contributed by atoms with Crippen LogP contribution in [0.3, 0.4) is 0 Å². The zero-order valence-corrected chi connectivity index (χ0v) is 12.3. The summed E-state index contributed by atoms with van der Waals surface area (Å²) < 4.78 is 77.2. The molecule has 0 bridgehead atoms. The van der Waals surface area contributed by atoms with E-state index >= 15 is 0 Å². The minimum absolute atomic E-state index is 0.0330. The molecule has 22 heavy (non-hydrogen) atoms. The maximum absolute atomic E-state index is 12.7. The molecule has 1 aromatic carbocycles. The van der Waals surface area contributed by atoms with Gasteiger partial charge < -0.3 is 4.57 Å². The fourth-order valence-corrected chi connectivity index (χ4v) is 2.48. The Morgan fingerprint density at radius 1 is 1.14 bits per heavy atom. The first-order chi connectivity index (χ1) is 10.0. The maximum atomic E-state index is 12.7. The zero-order chi connectivity index (χ0) is 16.7. The lowest BCUT2D eigenvalue weighted by atomic mass is 10.1. The molecule has 0 aliphatic carbocycles. The van der Waals surface area contributed by atoms with Crippen LogP contribution in [0.5, 0.6) is 0 Å². The number of carbonyl (C=O) groups is 1. The van der Waals surface area contributed by atoms with Crippen molar-refractivity contribution in [1.82, 2.24) is 4.57 Å². The van der Waals surface area contributed by atoms with E-state index in [2.05, 4.69) is 15.9 Å². The van der Waals surface area contributed by atoms with Gasteiger partial charge in [-0.3, -0.25) is 4.79 Å². The number of hydrogen-bond donors (Lipinski definition) is 0. The number of nitrogens with zero attached hydrogens (tertiary/aromatic N) is 1.